The lowest BCUT2D eigenvalue weighted by Crippen LogP contribution is -2.37. The zero-order chi connectivity index (χ0) is 27.0. The first-order valence-electron chi connectivity index (χ1n) is 12.1. The van der Waals surface area contributed by atoms with Crippen LogP contribution in [0.3, 0.4) is 0 Å². The highest BCUT2D eigenvalue weighted by atomic mass is 35.7. The molecule has 0 aliphatic heterocycles. The Hall–Kier alpha value is -2.63. The molecule has 0 bridgehead atoms. The molecule has 200 valence electrons. The van der Waals surface area contributed by atoms with Gasteiger partial charge < -0.3 is 9.64 Å². The molecule has 0 radical (unpaired) electrons. The van der Waals surface area contributed by atoms with Gasteiger partial charge in [0.25, 0.3) is 10.0 Å². The number of esters is 1. The van der Waals surface area contributed by atoms with Gasteiger partial charge in [0.2, 0.25) is 9.05 Å². The topological polar surface area (TPSA) is 116 Å². The van der Waals surface area contributed by atoms with E-state index >= 15 is 0 Å². The van der Waals surface area contributed by atoms with E-state index in [-0.39, 0.29) is 40.4 Å². The van der Waals surface area contributed by atoms with Crippen LogP contribution in [-0.4, -0.2) is 57.2 Å². The maximum Gasteiger partial charge on any atom is 0.341 e. The summed E-state index contributed by atoms with van der Waals surface area (Å²) in [5.41, 5.74) is 1.93. The number of anilines is 1. The van der Waals surface area contributed by atoms with Crippen LogP contribution in [0.15, 0.2) is 47.6 Å². The lowest BCUT2D eigenvalue weighted by molar-refractivity contribution is 0.0526. The van der Waals surface area contributed by atoms with Crippen LogP contribution in [0, 0.1) is 12.8 Å². The molecule has 37 heavy (non-hydrogen) atoms. The molecule has 2 aromatic heterocycles. The molecule has 0 spiro atoms. The number of hydrogen-bond donors (Lipinski definition) is 0. The quantitative estimate of drug-likeness (QED) is 0.292. The molecule has 3 aromatic rings. The molecule has 1 aliphatic carbocycles. The summed E-state index contributed by atoms with van der Waals surface area (Å²) in [5, 5.41) is 0.509. The standard InChI is InChI=1S/C25H30ClN3O6S2/c1-4-35-25(30)22-15-27-24-21(13-14-29(24)37(33,34)20-11-5-17(2)6-12-20)23(22)28(3)19-9-7-18(8-10-19)16-36(26,31)32/h5-6,11-15,18-19H,4,7-10,16H2,1-3H3. The maximum atomic E-state index is 13.4. The van der Waals surface area contributed by atoms with E-state index < -0.39 is 25.0 Å². The lowest BCUT2D eigenvalue weighted by Gasteiger charge is -2.36. The summed E-state index contributed by atoms with van der Waals surface area (Å²) in [6.07, 6.45) is 5.55. The van der Waals surface area contributed by atoms with Gasteiger partial charge in [-0.15, -0.1) is 0 Å². The van der Waals surface area contributed by atoms with Gasteiger partial charge in [-0.2, -0.15) is 0 Å². The average molecular weight is 568 g/mol. The van der Waals surface area contributed by atoms with Crippen molar-refractivity contribution >= 4 is 52.4 Å². The molecule has 1 aromatic carbocycles. The largest absolute Gasteiger partial charge is 0.462 e. The van der Waals surface area contributed by atoms with Crippen molar-refractivity contribution in [3.8, 4) is 0 Å². The van der Waals surface area contributed by atoms with Crippen LogP contribution in [0.5, 0.6) is 0 Å². The Kier molecular flexibility index (Phi) is 7.87. The van der Waals surface area contributed by atoms with Crippen molar-refractivity contribution in [2.75, 3.05) is 24.3 Å². The Morgan fingerprint density at radius 3 is 2.35 bits per heavy atom. The fourth-order valence-corrected chi connectivity index (χ4v) is 7.70. The van der Waals surface area contributed by atoms with Crippen molar-refractivity contribution < 1.29 is 26.4 Å². The number of carbonyl (C=O) groups excluding carboxylic acids is 1. The van der Waals surface area contributed by atoms with Gasteiger partial charge in [-0.3, -0.25) is 0 Å². The van der Waals surface area contributed by atoms with Crippen LogP contribution in [0.4, 0.5) is 5.69 Å². The second-order valence-corrected chi connectivity index (χ2v) is 14.0. The predicted octanol–water partition coefficient (Wildman–Crippen LogP) is 4.32. The zero-order valence-corrected chi connectivity index (χ0v) is 23.3. The van der Waals surface area contributed by atoms with Crippen LogP contribution in [0.2, 0.25) is 0 Å². The third-order valence-corrected chi connectivity index (χ3v) is 9.81. The average Bonchev–Trinajstić information content (AvgIpc) is 3.28. The number of benzene rings is 1. The van der Waals surface area contributed by atoms with Gasteiger partial charge in [-0.25, -0.2) is 30.6 Å². The molecule has 0 unspecified atom stereocenters. The van der Waals surface area contributed by atoms with Gasteiger partial charge >= 0.3 is 5.97 Å². The van der Waals surface area contributed by atoms with Gasteiger partial charge in [0.15, 0.2) is 5.65 Å². The Labute approximate surface area is 221 Å². The summed E-state index contributed by atoms with van der Waals surface area (Å²) in [4.78, 5) is 19.3. The van der Waals surface area contributed by atoms with E-state index in [1.54, 1.807) is 37.3 Å². The first-order chi connectivity index (χ1) is 17.4. The van der Waals surface area contributed by atoms with Crippen LogP contribution in [0.1, 0.15) is 48.5 Å². The molecule has 0 atom stereocenters. The molecule has 1 aliphatic rings. The van der Waals surface area contributed by atoms with Crippen molar-refractivity contribution in [2.45, 2.75) is 50.5 Å². The monoisotopic (exact) mass is 567 g/mol. The predicted molar refractivity (Wildman–Crippen MR) is 143 cm³/mol. The minimum Gasteiger partial charge on any atom is -0.462 e. The van der Waals surface area contributed by atoms with Gasteiger partial charge in [0, 0.05) is 41.6 Å². The van der Waals surface area contributed by atoms with Crippen LogP contribution in [0.25, 0.3) is 11.0 Å². The first kappa shape index (κ1) is 27.4. The number of fused-ring (bicyclic) bond motifs is 1. The van der Waals surface area contributed by atoms with Crippen LogP contribution in [-0.2, 0) is 23.8 Å². The lowest BCUT2D eigenvalue weighted by atomic mass is 9.86. The second kappa shape index (κ2) is 10.6. The molecule has 4 rings (SSSR count). The number of aromatic nitrogens is 2. The highest BCUT2D eigenvalue weighted by Gasteiger charge is 2.31. The number of carbonyl (C=O) groups is 1. The molecular weight excluding hydrogens is 538 g/mol. The van der Waals surface area contributed by atoms with E-state index in [4.69, 9.17) is 15.4 Å². The van der Waals surface area contributed by atoms with Crippen molar-refractivity contribution in [3.63, 3.8) is 0 Å². The number of hydrogen-bond acceptors (Lipinski definition) is 8. The fourth-order valence-electron chi connectivity index (χ4n) is 4.97. The van der Waals surface area contributed by atoms with E-state index in [1.807, 2.05) is 18.9 Å². The van der Waals surface area contributed by atoms with Crippen LogP contribution < -0.4 is 4.90 Å². The molecule has 2 heterocycles. The smallest absolute Gasteiger partial charge is 0.341 e. The summed E-state index contributed by atoms with van der Waals surface area (Å²) >= 11 is 0. The first-order valence-corrected chi connectivity index (χ1v) is 16.0. The third-order valence-electron chi connectivity index (χ3n) is 6.88. The maximum absolute atomic E-state index is 13.4. The number of rotatable bonds is 8. The minimum absolute atomic E-state index is 0.00473. The molecule has 0 saturated heterocycles. The minimum atomic E-state index is -3.92. The summed E-state index contributed by atoms with van der Waals surface area (Å²) in [6.45, 7) is 3.77. The van der Waals surface area contributed by atoms with E-state index in [2.05, 4.69) is 4.98 Å². The summed E-state index contributed by atoms with van der Waals surface area (Å²) in [6, 6.07) is 8.22. The Bertz CT molecular complexity index is 1510. The van der Waals surface area contributed by atoms with E-state index in [0.717, 1.165) is 9.54 Å². The third kappa shape index (κ3) is 5.78. The normalized spacial score (nSPS) is 18.6. The molecule has 1 saturated carbocycles. The highest BCUT2D eigenvalue weighted by molar-refractivity contribution is 8.13. The van der Waals surface area contributed by atoms with Crippen molar-refractivity contribution in [1.29, 1.82) is 0 Å². The number of nitrogens with zero attached hydrogens (tertiary/aromatic N) is 3. The SMILES string of the molecule is CCOC(=O)c1cnc2c(ccn2S(=O)(=O)c2ccc(C)cc2)c1N(C)C1CCC(CS(=O)(=O)Cl)CC1. The van der Waals surface area contributed by atoms with Gasteiger partial charge in [-0.1, -0.05) is 17.7 Å². The van der Waals surface area contributed by atoms with Crippen molar-refractivity contribution in [3.05, 3.63) is 53.9 Å². The molecule has 0 amide bonds. The zero-order valence-electron chi connectivity index (χ0n) is 20.9. The van der Waals surface area contributed by atoms with E-state index in [1.165, 1.54) is 12.4 Å². The van der Waals surface area contributed by atoms with Gasteiger partial charge in [0.05, 0.1) is 22.9 Å². The van der Waals surface area contributed by atoms with Crippen molar-refractivity contribution in [1.82, 2.24) is 8.96 Å². The fraction of sp³-hybridized carbons (Fsp3) is 0.440. The number of aryl methyl sites for hydroxylation is 1. The number of ether oxygens (including phenoxy) is 1. The molecule has 1 fully saturated rings. The van der Waals surface area contributed by atoms with Gasteiger partial charge in [0.1, 0.15) is 5.56 Å². The Morgan fingerprint density at radius 2 is 1.76 bits per heavy atom. The van der Waals surface area contributed by atoms with Gasteiger partial charge in [-0.05, 0) is 63.6 Å². The van der Waals surface area contributed by atoms with E-state index in [0.29, 0.717) is 36.8 Å². The summed E-state index contributed by atoms with van der Waals surface area (Å²) < 4.78 is 56.3. The highest BCUT2D eigenvalue weighted by Crippen LogP contribution is 2.37. The second-order valence-electron chi connectivity index (χ2n) is 9.40. The molecule has 0 N–H and O–H groups in total. The van der Waals surface area contributed by atoms with Crippen LogP contribution >= 0.6 is 10.7 Å². The Balaban J connectivity index is 1.75. The van der Waals surface area contributed by atoms with Crippen molar-refractivity contribution in [2.24, 2.45) is 5.92 Å². The van der Waals surface area contributed by atoms with E-state index in [9.17, 15) is 21.6 Å². The Morgan fingerprint density at radius 1 is 1.11 bits per heavy atom. The summed E-state index contributed by atoms with van der Waals surface area (Å²) in [5.74, 6) is -0.622. The summed E-state index contributed by atoms with van der Waals surface area (Å²) in [7, 11) is -0.189. The number of halogens is 1. The molecule has 9 nitrogen and oxygen atoms in total. The molecule has 12 heteroatoms. The number of pyridine rings is 1. The molecular formula is C25H30ClN3O6S2.